The molecule has 0 spiro atoms. The summed E-state index contributed by atoms with van der Waals surface area (Å²) in [5, 5.41) is 6.35. The quantitative estimate of drug-likeness (QED) is 0.426. The van der Waals surface area contributed by atoms with Crippen molar-refractivity contribution in [2.75, 3.05) is 11.5 Å². The van der Waals surface area contributed by atoms with Crippen LogP contribution in [0.3, 0.4) is 0 Å². The smallest absolute Gasteiger partial charge is 0.435 e. The summed E-state index contributed by atoms with van der Waals surface area (Å²) in [6, 6.07) is 7.43. The number of hydrogen-bond donors (Lipinski definition) is 1. The Balaban J connectivity index is 1.49. The highest BCUT2D eigenvalue weighted by Gasteiger charge is 2.62. The van der Waals surface area contributed by atoms with Crippen LogP contribution in [-0.4, -0.2) is 51.2 Å². The minimum Gasteiger partial charge on any atom is -0.444 e. The zero-order valence-electron chi connectivity index (χ0n) is 21.9. The highest BCUT2D eigenvalue weighted by molar-refractivity contribution is 7.95. The van der Waals surface area contributed by atoms with Gasteiger partial charge >= 0.3 is 12.3 Å². The number of oxime groups is 1. The number of halogens is 5. The Kier molecular flexibility index (Phi) is 7.94. The fourth-order valence-corrected chi connectivity index (χ4v) is 6.74. The van der Waals surface area contributed by atoms with Gasteiger partial charge in [-0.25, -0.2) is 9.00 Å². The Morgan fingerprint density at radius 2 is 1.75 bits per heavy atom. The van der Waals surface area contributed by atoms with Crippen LogP contribution in [-0.2, 0) is 24.9 Å². The van der Waals surface area contributed by atoms with Gasteiger partial charge in [0.1, 0.15) is 5.60 Å². The van der Waals surface area contributed by atoms with Crippen molar-refractivity contribution in [1.29, 1.82) is 0 Å². The average molecular weight is 620 g/mol. The third-order valence-corrected chi connectivity index (χ3v) is 8.98. The molecule has 40 heavy (non-hydrogen) atoms. The van der Waals surface area contributed by atoms with E-state index in [9.17, 15) is 27.0 Å². The average Bonchev–Trinajstić information content (AvgIpc) is 3.23. The predicted molar refractivity (Wildman–Crippen MR) is 145 cm³/mol. The van der Waals surface area contributed by atoms with E-state index in [2.05, 4.69) is 14.8 Å². The summed E-state index contributed by atoms with van der Waals surface area (Å²) in [4.78, 5) is 29.7. The van der Waals surface area contributed by atoms with Crippen molar-refractivity contribution in [3.8, 4) is 0 Å². The summed E-state index contributed by atoms with van der Waals surface area (Å²) in [7, 11) is -2.87. The van der Waals surface area contributed by atoms with E-state index < -0.39 is 51.6 Å². The van der Waals surface area contributed by atoms with Gasteiger partial charge in [-0.3, -0.25) is 4.79 Å². The minimum absolute atomic E-state index is 0.00367. The Morgan fingerprint density at radius 1 is 1.12 bits per heavy atom. The maximum absolute atomic E-state index is 14.3. The van der Waals surface area contributed by atoms with Crippen LogP contribution in [0.25, 0.3) is 0 Å². The van der Waals surface area contributed by atoms with Crippen LogP contribution in [0.2, 0.25) is 10.0 Å². The van der Waals surface area contributed by atoms with Gasteiger partial charge in [0.05, 0.1) is 33.0 Å². The Labute approximate surface area is 239 Å². The van der Waals surface area contributed by atoms with Gasteiger partial charge < -0.3 is 14.9 Å². The number of aryl methyl sites for hydroxylation is 1. The molecule has 1 saturated heterocycles. The third kappa shape index (κ3) is 6.39. The molecule has 2 aliphatic rings. The molecule has 14 heteroatoms. The van der Waals surface area contributed by atoms with Crippen molar-refractivity contribution in [3.63, 3.8) is 0 Å². The zero-order chi connectivity index (χ0) is 29.7. The number of amides is 2. The van der Waals surface area contributed by atoms with Gasteiger partial charge in [-0.2, -0.15) is 17.5 Å². The maximum Gasteiger partial charge on any atom is 0.435 e. The molecular formula is C26H26Cl2F3N3O5S. The van der Waals surface area contributed by atoms with Crippen LogP contribution < -0.4 is 5.32 Å². The van der Waals surface area contributed by atoms with Crippen LogP contribution in [0.15, 0.2) is 45.9 Å². The largest absolute Gasteiger partial charge is 0.444 e. The van der Waals surface area contributed by atoms with Crippen LogP contribution in [0.5, 0.6) is 0 Å². The van der Waals surface area contributed by atoms with Crippen LogP contribution in [0.1, 0.15) is 54.2 Å². The van der Waals surface area contributed by atoms with Crippen LogP contribution in [0.4, 0.5) is 18.0 Å². The number of nitrogens with zero attached hydrogens (tertiary/aromatic N) is 2. The van der Waals surface area contributed by atoms with Crippen LogP contribution >= 0.6 is 23.2 Å². The highest BCUT2D eigenvalue weighted by atomic mass is 35.5. The normalized spacial score (nSPS) is 24.4. The van der Waals surface area contributed by atoms with Crippen molar-refractivity contribution in [1.82, 2.24) is 5.32 Å². The predicted octanol–water partition coefficient (Wildman–Crippen LogP) is 6.40. The highest BCUT2D eigenvalue weighted by Crippen LogP contribution is 2.49. The van der Waals surface area contributed by atoms with Gasteiger partial charge in [-0.05, 0) is 69.2 Å². The van der Waals surface area contributed by atoms with E-state index in [1.807, 2.05) is 0 Å². The van der Waals surface area contributed by atoms with Gasteiger partial charge in [0.2, 0.25) is 0 Å². The second-order valence-electron chi connectivity index (χ2n) is 10.7. The lowest BCUT2D eigenvalue weighted by molar-refractivity contribution is -0.275. The molecule has 1 atom stereocenters. The van der Waals surface area contributed by atoms with E-state index in [-0.39, 0.29) is 38.4 Å². The number of benzene rings is 2. The SMILES string of the molecule is Cc1cc(C2=NOC(c3cc(Cl)cc(Cl)c3)(C(F)(F)F)C2)ccc1C(=O)N=S1(=O)CC(NC(=O)OC(C)(C)C)C1. The molecule has 0 bridgehead atoms. The first kappa shape index (κ1) is 30.1. The van der Waals surface area contributed by atoms with Crippen molar-refractivity contribution >= 4 is 50.6 Å². The standard InChI is InChI=1S/C26H26Cl2F3N3O5S/c1-14-7-15(21-11-25(39-33-21,26(29,30)31)16-8-17(27)10-18(28)9-16)5-6-20(14)22(35)34-40(37)12-19(13-40)32-23(36)38-24(2,3)4/h5-10,19H,11-13H2,1-4H3,(H,32,36). The molecule has 0 saturated carbocycles. The first-order valence-electron chi connectivity index (χ1n) is 12.1. The van der Waals surface area contributed by atoms with Crippen molar-refractivity contribution in [2.24, 2.45) is 9.52 Å². The zero-order valence-corrected chi connectivity index (χ0v) is 24.2. The second kappa shape index (κ2) is 10.5. The first-order valence-corrected chi connectivity index (χ1v) is 14.7. The van der Waals surface area contributed by atoms with Gasteiger partial charge in [0, 0.05) is 27.6 Å². The molecule has 2 heterocycles. The van der Waals surface area contributed by atoms with E-state index in [1.54, 1.807) is 27.7 Å². The molecule has 1 fully saturated rings. The summed E-state index contributed by atoms with van der Waals surface area (Å²) in [6.45, 7) is 6.72. The number of ether oxygens (including phenoxy) is 1. The van der Waals surface area contributed by atoms with Gasteiger partial charge in [0.15, 0.2) is 0 Å². The number of alkyl halides is 3. The van der Waals surface area contributed by atoms with Gasteiger partial charge in [-0.1, -0.05) is 34.4 Å². The van der Waals surface area contributed by atoms with Crippen molar-refractivity contribution in [3.05, 3.63) is 68.7 Å². The molecular weight excluding hydrogens is 594 g/mol. The molecule has 8 nitrogen and oxygen atoms in total. The van der Waals surface area contributed by atoms with E-state index in [4.69, 9.17) is 32.8 Å². The topological polar surface area (TPSA) is 106 Å². The Bertz CT molecular complexity index is 1500. The van der Waals surface area contributed by atoms with Crippen molar-refractivity contribution in [2.45, 2.75) is 57.5 Å². The van der Waals surface area contributed by atoms with Gasteiger partial charge in [-0.15, -0.1) is 0 Å². The van der Waals surface area contributed by atoms with Gasteiger partial charge in [0.25, 0.3) is 11.5 Å². The molecule has 1 N–H and O–H groups in total. The molecule has 2 aliphatic heterocycles. The van der Waals surface area contributed by atoms with Crippen LogP contribution in [0, 0.1) is 6.92 Å². The lowest BCUT2D eigenvalue weighted by Gasteiger charge is -2.31. The Hall–Kier alpha value is -2.83. The number of carbonyl (C=O) groups is 2. The lowest BCUT2D eigenvalue weighted by Crippen LogP contribution is -2.54. The molecule has 216 valence electrons. The number of rotatable bonds is 4. The number of hydrogen-bond acceptors (Lipinski definition) is 6. The number of alkyl carbamates (subject to hydrolysis) is 1. The lowest BCUT2D eigenvalue weighted by atomic mass is 9.86. The summed E-state index contributed by atoms with van der Waals surface area (Å²) in [6.07, 6.45) is -6.15. The van der Waals surface area contributed by atoms with E-state index in [1.165, 1.54) is 24.3 Å². The maximum atomic E-state index is 14.3. The third-order valence-electron chi connectivity index (χ3n) is 6.20. The molecule has 0 aliphatic carbocycles. The minimum atomic E-state index is -4.85. The second-order valence-corrected chi connectivity index (χ2v) is 13.9. The number of nitrogens with one attached hydrogen (secondary N) is 1. The van der Waals surface area contributed by atoms with E-state index >= 15 is 0 Å². The molecule has 0 aromatic heterocycles. The fourth-order valence-electron chi connectivity index (χ4n) is 4.34. The number of carbonyl (C=O) groups excluding carboxylic acids is 2. The first-order chi connectivity index (χ1) is 18.4. The molecule has 2 aromatic carbocycles. The fraction of sp³-hybridized carbons (Fsp3) is 0.423. The molecule has 2 amide bonds. The molecule has 4 rings (SSSR count). The van der Waals surface area contributed by atoms with E-state index in [0.717, 1.165) is 12.1 Å². The summed E-state index contributed by atoms with van der Waals surface area (Å²) < 4.78 is 64.8. The van der Waals surface area contributed by atoms with Crippen molar-refractivity contribution < 1.29 is 36.5 Å². The molecule has 0 radical (unpaired) electrons. The Morgan fingerprint density at radius 3 is 2.30 bits per heavy atom. The summed E-state index contributed by atoms with van der Waals surface area (Å²) >= 11 is 11.9. The monoisotopic (exact) mass is 619 g/mol. The summed E-state index contributed by atoms with van der Waals surface area (Å²) in [5.41, 5.74) is -2.92. The van der Waals surface area contributed by atoms with E-state index in [0.29, 0.717) is 11.1 Å². The summed E-state index contributed by atoms with van der Waals surface area (Å²) in [5.74, 6) is -0.736. The molecule has 2 aromatic rings. The molecule has 1 unspecified atom stereocenters.